The number of aliphatic hydroxyl groups is 1. The SMILES string of the molecule is CCc1ccc2c(c1)[C@H](O)CC2(C)C. The maximum absolute atomic E-state index is 9.94. The third kappa shape index (κ3) is 1.36. The van der Waals surface area contributed by atoms with Crippen LogP contribution in [0.25, 0.3) is 0 Å². The number of hydrogen-bond acceptors (Lipinski definition) is 1. The number of fused-ring (bicyclic) bond motifs is 1. The highest BCUT2D eigenvalue weighted by atomic mass is 16.3. The zero-order valence-corrected chi connectivity index (χ0v) is 9.17. The van der Waals surface area contributed by atoms with Crippen LogP contribution >= 0.6 is 0 Å². The Kier molecular flexibility index (Phi) is 2.15. The van der Waals surface area contributed by atoms with Gasteiger partial charge in [-0.05, 0) is 34.9 Å². The second kappa shape index (κ2) is 3.09. The van der Waals surface area contributed by atoms with Gasteiger partial charge < -0.3 is 5.11 Å². The molecule has 0 unspecified atom stereocenters. The zero-order valence-electron chi connectivity index (χ0n) is 9.17. The van der Waals surface area contributed by atoms with Gasteiger partial charge >= 0.3 is 0 Å². The van der Waals surface area contributed by atoms with Crippen molar-refractivity contribution in [3.05, 3.63) is 34.9 Å². The standard InChI is InChI=1S/C13H18O/c1-4-9-5-6-11-10(7-9)12(14)8-13(11,2)3/h5-7,12,14H,4,8H2,1-3H3/t12-/m1/s1. The summed E-state index contributed by atoms with van der Waals surface area (Å²) in [4.78, 5) is 0. The lowest BCUT2D eigenvalue weighted by Crippen LogP contribution is -2.12. The molecule has 14 heavy (non-hydrogen) atoms. The molecule has 0 radical (unpaired) electrons. The quantitative estimate of drug-likeness (QED) is 0.722. The van der Waals surface area contributed by atoms with Gasteiger partial charge in [-0.2, -0.15) is 0 Å². The van der Waals surface area contributed by atoms with Gasteiger partial charge in [-0.3, -0.25) is 0 Å². The molecule has 0 amide bonds. The first-order valence-electron chi connectivity index (χ1n) is 5.36. The van der Waals surface area contributed by atoms with Gasteiger partial charge in [-0.15, -0.1) is 0 Å². The average molecular weight is 190 g/mol. The molecule has 1 atom stereocenters. The van der Waals surface area contributed by atoms with E-state index >= 15 is 0 Å². The Morgan fingerprint density at radius 3 is 2.79 bits per heavy atom. The summed E-state index contributed by atoms with van der Waals surface area (Å²) in [7, 11) is 0. The highest BCUT2D eigenvalue weighted by molar-refractivity contribution is 5.42. The van der Waals surface area contributed by atoms with Crippen molar-refractivity contribution in [1.82, 2.24) is 0 Å². The predicted molar refractivity (Wildman–Crippen MR) is 58.4 cm³/mol. The summed E-state index contributed by atoms with van der Waals surface area (Å²) >= 11 is 0. The first-order chi connectivity index (χ1) is 6.54. The Morgan fingerprint density at radius 1 is 1.43 bits per heavy atom. The predicted octanol–water partition coefficient (Wildman–Crippen LogP) is 2.96. The molecule has 1 N–H and O–H groups in total. The largest absolute Gasteiger partial charge is 0.388 e. The van der Waals surface area contributed by atoms with E-state index in [1.807, 2.05) is 0 Å². The number of hydrogen-bond donors (Lipinski definition) is 1. The average Bonchev–Trinajstić information content (AvgIpc) is 2.37. The van der Waals surface area contributed by atoms with Crippen LogP contribution in [0.15, 0.2) is 18.2 Å². The maximum Gasteiger partial charge on any atom is 0.0801 e. The summed E-state index contributed by atoms with van der Waals surface area (Å²) in [6.45, 7) is 6.55. The molecule has 1 aliphatic rings. The molecule has 1 heteroatoms. The van der Waals surface area contributed by atoms with Gasteiger partial charge in [0.15, 0.2) is 0 Å². The minimum absolute atomic E-state index is 0.140. The molecule has 0 heterocycles. The summed E-state index contributed by atoms with van der Waals surface area (Å²) in [5, 5.41) is 9.94. The van der Waals surface area contributed by atoms with Gasteiger partial charge in [0.25, 0.3) is 0 Å². The van der Waals surface area contributed by atoms with Crippen molar-refractivity contribution < 1.29 is 5.11 Å². The lowest BCUT2D eigenvalue weighted by molar-refractivity contribution is 0.161. The monoisotopic (exact) mass is 190 g/mol. The molecular weight excluding hydrogens is 172 g/mol. The molecule has 1 aromatic rings. The fourth-order valence-corrected chi connectivity index (χ4v) is 2.43. The van der Waals surface area contributed by atoms with E-state index in [0.29, 0.717) is 0 Å². The lowest BCUT2D eigenvalue weighted by atomic mass is 9.86. The van der Waals surface area contributed by atoms with Gasteiger partial charge in [-0.25, -0.2) is 0 Å². The summed E-state index contributed by atoms with van der Waals surface area (Å²) < 4.78 is 0. The summed E-state index contributed by atoms with van der Waals surface area (Å²) in [6.07, 6.45) is 1.64. The Labute approximate surface area is 85.8 Å². The normalized spacial score (nSPS) is 23.6. The van der Waals surface area contributed by atoms with Gasteiger partial charge in [0, 0.05) is 0 Å². The molecule has 0 aliphatic heterocycles. The van der Waals surface area contributed by atoms with Crippen molar-refractivity contribution in [2.24, 2.45) is 0 Å². The maximum atomic E-state index is 9.94. The van der Waals surface area contributed by atoms with E-state index in [9.17, 15) is 5.11 Å². The second-order valence-corrected chi connectivity index (χ2v) is 4.88. The first kappa shape index (κ1) is 9.72. The summed E-state index contributed by atoms with van der Waals surface area (Å²) in [5.74, 6) is 0. The van der Waals surface area contributed by atoms with Crippen molar-refractivity contribution in [1.29, 1.82) is 0 Å². The van der Waals surface area contributed by atoms with E-state index in [-0.39, 0.29) is 11.5 Å². The Balaban J connectivity index is 2.52. The molecule has 1 aromatic carbocycles. The Morgan fingerprint density at radius 2 is 2.14 bits per heavy atom. The number of rotatable bonds is 1. The van der Waals surface area contributed by atoms with E-state index in [1.54, 1.807) is 0 Å². The van der Waals surface area contributed by atoms with E-state index < -0.39 is 0 Å². The van der Waals surface area contributed by atoms with E-state index in [1.165, 1.54) is 11.1 Å². The lowest BCUT2D eigenvalue weighted by Gasteiger charge is -2.18. The molecule has 0 saturated heterocycles. The molecule has 0 saturated carbocycles. The fraction of sp³-hybridized carbons (Fsp3) is 0.538. The van der Waals surface area contributed by atoms with Crippen molar-refractivity contribution in [3.63, 3.8) is 0 Å². The second-order valence-electron chi connectivity index (χ2n) is 4.88. The molecule has 2 rings (SSSR count). The topological polar surface area (TPSA) is 20.2 Å². The molecule has 0 fully saturated rings. The third-order valence-electron chi connectivity index (χ3n) is 3.32. The first-order valence-corrected chi connectivity index (χ1v) is 5.36. The molecule has 0 spiro atoms. The highest BCUT2D eigenvalue weighted by Gasteiger charge is 2.35. The molecule has 1 aliphatic carbocycles. The molecular formula is C13H18O. The molecule has 1 nitrogen and oxygen atoms in total. The minimum atomic E-state index is -0.258. The number of aryl methyl sites for hydroxylation is 1. The summed E-state index contributed by atoms with van der Waals surface area (Å²) in [5.41, 5.74) is 3.93. The van der Waals surface area contributed by atoms with Gasteiger partial charge in [0.2, 0.25) is 0 Å². The Hall–Kier alpha value is -0.820. The number of aliphatic hydroxyl groups excluding tert-OH is 1. The zero-order chi connectivity index (χ0) is 10.3. The van der Waals surface area contributed by atoms with Gasteiger partial charge in [0.1, 0.15) is 0 Å². The van der Waals surface area contributed by atoms with Crippen LogP contribution in [0.4, 0.5) is 0 Å². The van der Waals surface area contributed by atoms with Crippen LogP contribution in [0.2, 0.25) is 0 Å². The van der Waals surface area contributed by atoms with E-state index in [2.05, 4.69) is 39.0 Å². The Bertz CT molecular complexity index is 352. The van der Waals surface area contributed by atoms with Crippen LogP contribution in [0, 0.1) is 0 Å². The summed E-state index contributed by atoms with van der Waals surface area (Å²) in [6, 6.07) is 6.53. The van der Waals surface area contributed by atoms with Crippen LogP contribution in [-0.4, -0.2) is 5.11 Å². The number of benzene rings is 1. The van der Waals surface area contributed by atoms with Crippen LogP contribution in [0.5, 0.6) is 0 Å². The van der Waals surface area contributed by atoms with Crippen LogP contribution < -0.4 is 0 Å². The third-order valence-corrected chi connectivity index (χ3v) is 3.32. The smallest absolute Gasteiger partial charge is 0.0801 e. The van der Waals surface area contributed by atoms with Crippen LogP contribution in [-0.2, 0) is 11.8 Å². The van der Waals surface area contributed by atoms with E-state index in [0.717, 1.165) is 18.4 Å². The van der Waals surface area contributed by atoms with E-state index in [4.69, 9.17) is 0 Å². The van der Waals surface area contributed by atoms with Crippen molar-refractivity contribution in [3.8, 4) is 0 Å². The van der Waals surface area contributed by atoms with Gasteiger partial charge in [-0.1, -0.05) is 39.0 Å². The fourth-order valence-electron chi connectivity index (χ4n) is 2.43. The van der Waals surface area contributed by atoms with Crippen molar-refractivity contribution in [2.45, 2.75) is 45.1 Å². The van der Waals surface area contributed by atoms with Gasteiger partial charge in [0.05, 0.1) is 6.10 Å². The minimum Gasteiger partial charge on any atom is -0.388 e. The molecule has 76 valence electrons. The van der Waals surface area contributed by atoms with Crippen LogP contribution in [0.3, 0.4) is 0 Å². The van der Waals surface area contributed by atoms with Crippen molar-refractivity contribution >= 4 is 0 Å². The van der Waals surface area contributed by atoms with Crippen molar-refractivity contribution in [2.75, 3.05) is 0 Å². The van der Waals surface area contributed by atoms with Crippen LogP contribution in [0.1, 0.15) is 50.0 Å². The molecule has 0 bridgehead atoms. The molecule has 0 aromatic heterocycles. The highest BCUT2D eigenvalue weighted by Crippen LogP contribution is 2.44.